The Balaban J connectivity index is 2.11. The van der Waals surface area contributed by atoms with Crippen molar-refractivity contribution in [1.82, 2.24) is 10.2 Å². The number of hydrogen-bond donors (Lipinski definition) is 1. The lowest BCUT2D eigenvalue weighted by molar-refractivity contribution is -0.138. The van der Waals surface area contributed by atoms with Gasteiger partial charge < -0.3 is 15.0 Å². The fourth-order valence-corrected chi connectivity index (χ4v) is 3.38. The van der Waals surface area contributed by atoms with Crippen molar-refractivity contribution in [2.75, 3.05) is 19.4 Å². The summed E-state index contributed by atoms with van der Waals surface area (Å²) >= 11 is 1.47. The summed E-state index contributed by atoms with van der Waals surface area (Å²) in [6.45, 7) is 4.54. The van der Waals surface area contributed by atoms with Crippen LogP contribution in [-0.4, -0.2) is 42.2 Å². The van der Waals surface area contributed by atoms with Gasteiger partial charge in [0.15, 0.2) is 0 Å². The summed E-state index contributed by atoms with van der Waals surface area (Å²) < 4.78 is 5.18. The van der Waals surface area contributed by atoms with Crippen LogP contribution in [0.4, 0.5) is 0 Å². The smallest absolute Gasteiger partial charge is 0.242 e. The van der Waals surface area contributed by atoms with Gasteiger partial charge in [0.05, 0.1) is 12.9 Å². The van der Waals surface area contributed by atoms with Gasteiger partial charge in [0, 0.05) is 18.0 Å². The van der Waals surface area contributed by atoms with E-state index in [1.807, 2.05) is 61.5 Å². The molecule has 0 aliphatic carbocycles. The second kappa shape index (κ2) is 10.6. The van der Waals surface area contributed by atoms with Crippen molar-refractivity contribution >= 4 is 23.6 Å². The lowest BCUT2D eigenvalue weighted by Crippen LogP contribution is -2.48. The molecule has 2 aromatic carbocycles. The standard InChI is InChI=1S/C21H26N2O3S/c1-4-22-21(25)16(2)23(14-17-10-12-18(26-3)13-11-17)20(24)15-27-19-8-6-5-7-9-19/h5-13,16H,4,14-15H2,1-3H3,(H,22,25)/t16-/m0/s1. The molecule has 0 unspecified atom stereocenters. The first-order valence-corrected chi connectivity index (χ1v) is 9.91. The number of amides is 2. The molecule has 0 saturated carbocycles. The lowest BCUT2D eigenvalue weighted by Gasteiger charge is -2.28. The Morgan fingerprint density at radius 2 is 1.78 bits per heavy atom. The average molecular weight is 387 g/mol. The van der Waals surface area contributed by atoms with E-state index in [2.05, 4.69) is 5.32 Å². The average Bonchev–Trinajstić information content (AvgIpc) is 2.71. The van der Waals surface area contributed by atoms with Crippen LogP contribution >= 0.6 is 11.8 Å². The summed E-state index contributed by atoms with van der Waals surface area (Å²) in [7, 11) is 1.61. The molecule has 0 radical (unpaired) electrons. The normalized spacial score (nSPS) is 11.5. The number of methoxy groups -OCH3 is 1. The van der Waals surface area contributed by atoms with Crippen molar-refractivity contribution in [3.63, 3.8) is 0 Å². The lowest BCUT2D eigenvalue weighted by atomic mass is 10.1. The molecule has 5 nitrogen and oxygen atoms in total. The van der Waals surface area contributed by atoms with Gasteiger partial charge in [0.25, 0.3) is 0 Å². The van der Waals surface area contributed by atoms with Crippen molar-refractivity contribution in [2.24, 2.45) is 0 Å². The molecule has 0 spiro atoms. The highest BCUT2D eigenvalue weighted by molar-refractivity contribution is 8.00. The van der Waals surface area contributed by atoms with E-state index in [-0.39, 0.29) is 17.6 Å². The maximum absolute atomic E-state index is 12.9. The van der Waals surface area contributed by atoms with E-state index < -0.39 is 6.04 Å². The predicted molar refractivity (Wildman–Crippen MR) is 109 cm³/mol. The van der Waals surface area contributed by atoms with Gasteiger partial charge in [-0.25, -0.2) is 0 Å². The number of carbonyl (C=O) groups is 2. The van der Waals surface area contributed by atoms with E-state index in [0.29, 0.717) is 13.1 Å². The highest BCUT2D eigenvalue weighted by atomic mass is 32.2. The van der Waals surface area contributed by atoms with Crippen LogP contribution in [0.3, 0.4) is 0 Å². The van der Waals surface area contributed by atoms with Crippen molar-refractivity contribution in [3.05, 3.63) is 60.2 Å². The first-order chi connectivity index (χ1) is 13.0. The van der Waals surface area contributed by atoms with E-state index in [9.17, 15) is 9.59 Å². The zero-order valence-corrected chi connectivity index (χ0v) is 16.8. The number of carbonyl (C=O) groups excluding carboxylic acids is 2. The predicted octanol–water partition coefficient (Wildman–Crippen LogP) is 3.34. The number of nitrogens with zero attached hydrogens (tertiary/aromatic N) is 1. The van der Waals surface area contributed by atoms with Crippen LogP contribution in [0.5, 0.6) is 5.75 Å². The molecule has 144 valence electrons. The maximum atomic E-state index is 12.9. The van der Waals surface area contributed by atoms with E-state index in [4.69, 9.17) is 4.74 Å². The van der Waals surface area contributed by atoms with E-state index >= 15 is 0 Å². The Morgan fingerprint density at radius 3 is 2.37 bits per heavy atom. The SMILES string of the molecule is CCNC(=O)[C@H](C)N(Cc1ccc(OC)cc1)C(=O)CSc1ccccc1. The number of likely N-dealkylation sites (N-methyl/N-ethyl adjacent to an activating group) is 1. The Bertz CT molecular complexity index is 735. The van der Waals surface area contributed by atoms with Crippen LogP contribution in [0.25, 0.3) is 0 Å². The first-order valence-electron chi connectivity index (χ1n) is 8.93. The number of hydrogen-bond acceptors (Lipinski definition) is 4. The fraction of sp³-hybridized carbons (Fsp3) is 0.333. The minimum atomic E-state index is -0.545. The molecular formula is C21H26N2O3S. The van der Waals surface area contributed by atoms with Gasteiger partial charge in [0.2, 0.25) is 11.8 Å². The molecule has 0 aliphatic heterocycles. The molecule has 27 heavy (non-hydrogen) atoms. The third kappa shape index (κ3) is 6.32. The number of thioether (sulfide) groups is 1. The van der Waals surface area contributed by atoms with E-state index in [1.54, 1.807) is 18.9 Å². The molecule has 2 aromatic rings. The first kappa shape index (κ1) is 20.8. The summed E-state index contributed by atoms with van der Waals surface area (Å²) in [5.74, 6) is 0.819. The van der Waals surface area contributed by atoms with Crippen molar-refractivity contribution in [1.29, 1.82) is 0 Å². The van der Waals surface area contributed by atoms with Gasteiger partial charge in [-0.05, 0) is 43.7 Å². The Hall–Kier alpha value is -2.47. The quantitative estimate of drug-likeness (QED) is 0.672. The van der Waals surface area contributed by atoms with Gasteiger partial charge in [-0.1, -0.05) is 30.3 Å². The van der Waals surface area contributed by atoms with Crippen LogP contribution in [-0.2, 0) is 16.1 Å². The number of rotatable bonds is 9. The van der Waals surface area contributed by atoms with Crippen molar-refractivity contribution in [3.8, 4) is 5.75 Å². The van der Waals surface area contributed by atoms with Crippen LogP contribution in [0, 0.1) is 0 Å². The van der Waals surface area contributed by atoms with Crippen molar-refractivity contribution in [2.45, 2.75) is 31.3 Å². The minimum Gasteiger partial charge on any atom is -0.497 e. The fourth-order valence-electron chi connectivity index (χ4n) is 2.58. The topological polar surface area (TPSA) is 58.6 Å². The van der Waals surface area contributed by atoms with E-state index in [0.717, 1.165) is 16.2 Å². The molecule has 0 aromatic heterocycles. The summed E-state index contributed by atoms with van der Waals surface area (Å²) in [5, 5.41) is 2.80. The van der Waals surface area contributed by atoms with Crippen LogP contribution < -0.4 is 10.1 Å². The Kier molecular flexibility index (Phi) is 8.20. The third-order valence-corrected chi connectivity index (χ3v) is 5.13. The molecule has 0 fully saturated rings. The molecule has 1 atom stereocenters. The molecule has 2 amide bonds. The highest BCUT2D eigenvalue weighted by Gasteiger charge is 2.25. The Labute approximate surface area is 165 Å². The van der Waals surface area contributed by atoms with Crippen LogP contribution in [0.2, 0.25) is 0 Å². The number of nitrogens with one attached hydrogen (secondary N) is 1. The molecule has 0 bridgehead atoms. The zero-order valence-electron chi connectivity index (χ0n) is 16.0. The molecule has 6 heteroatoms. The molecule has 2 rings (SSSR count). The van der Waals surface area contributed by atoms with E-state index in [1.165, 1.54) is 11.8 Å². The highest BCUT2D eigenvalue weighted by Crippen LogP contribution is 2.20. The van der Waals surface area contributed by atoms with Gasteiger partial charge in [-0.2, -0.15) is 0 Å². The summed E-state index contributed by atoms with van der Waals surface area (Å²) in [6.07, 6.45) is 0. The summed E-state index contributed by atoms with van der Waals surface area (Å²) in [5.41, 5.74) is 0.949. The third-order valence-electron chi connectivity index (χ3n) is 4.14. The molecular weight excluding hydrogens is 360 g/mol. The van der Waals surface area contributed by atoms with Gasteiger partial charge in [-0.15, -0.1) is 11.8 Å². The van der Waals surface area contributed by atoms with Crippen LogP contribution in [0.15, 0.2) is 59.5 Å². The number of ether oxygens (including phenoxy) is 1. The molecule has 0 heterocycles. The van der Waals surface area contributed by atoms with Gasteiger partial charge in [-0.3, -0.25) is 9.59 Å². The number of benzene rings is 2. The second-order valence-corrected chi connectivity index (χ2v) is 7.09. The Morgan fingerprint density at radius 1 is 1.11 bits per heavy atom. The van der Waals surface area contributed by atoms with Gasteiger partial charge in [0.1, 0.15) is 11.8 Å². The zero-order chi connectivity index (χ0) is 19.6. The monoisotopic (exact) mass is 386 g/mol. The second-order valence-electron chi connectivity index (χ2n) is 6.04. The summed E-state index contributed by atoms with van der Waals surface area (Å²) in [4.78, 5) is 27.9. The minimum absolute atomic E-state index is 0.0709. The van der Waals surface area contributed by atoms with Gasteiger partial charge >= 0.3 is 0 Å². The van der Waals surface area contributed by atoms with Crippen molar-refractivity contribution < 1.29 is 14.3 Å². The summed E-state index contributed by atoms with van der Waals surface area (Å²) in [6, 6.07) is 16.8. The molecule has 0 saturated heterocycles. The largest absolute Gasteiger partial charge is 0.497 e. The van der Waals surface area contributed by atoms with Crippen LogP contribution in [0.1, 0.15) is 19.4 Å². The molecule has 1 N–H and O–H groups in total. The maximum Gasteiger partial charge on any atom is 0.242 e. The molecule has 0 aliphatic rings.